The number of aryl methyl sites for hydroxylation is 1. The lowest BCUT2D eigenvalue weighted by molar-refractivity contribution is 0.0789. The van der Waals surface area contributed by atoms with Crippen molar-refractivity contribution >= 4 is 17.0 Å². The standard InChI is InChI=1S/C16H21N7O2/c1-8(2)13-12-11(6-10(4)17-15(12)25-20-13)16(24)23(5)7-9(3)14-18-21-22-19-14/h6,8-9H,7H2,1-5H3,(H,18,19,21,22)/t9-/m0/s1. The lowest BCUT2D eigenvalue weighted by atomic mass is 10.0. The van der Waals surface area contributed by atoms with Crippen LogP contribution in [-0.2, 0) is 0 Å². The number of carbonyl (C=O) groups excluding carboxylic acids is 1. The molecule has 1 atom stereocenters. The molecule has 0 radical (unpaired) electrons. The monoisotopic (exact) mass is 343 g/mol. The van der Waals surface area contributed by atoms with Crippen molar-refractivity contribution in [1.82, 2.24) is 35.7 Å². The molecule has 9 nitrogen and oxygen atoms in total. The first-order chi connectivity index (χ1) is 11.9. The number of likely N-dealkylation sites (N-methyl/N-ethyl adjacent to an activating group) is 1. The summed E-state index contributed by atoms with van der Waals surface area (Å²) in [6, 6.07) is 1.78. The Hall–Kier alpha value is -2.84. The molecule has 3 aromatic rings. The second-order valence-corrected chi connectivity index (χ2v) is 6.57. The Morgan fingerprint density at radius 3 is 2.76 bits per heavy atom. The summed E-state index contributed by atoms with van der Waals surface area (Å²) in [5.74, 6) is 0.540. The van der Waals surface area contributed by atoms with E-state index in [1.54, 1.807) is 18.0 Å². The predicted octanol–water partition coefficient (Wildman–Crippen LogP) is 2.04. The van der Waals surface area contributed by atoms with Gasteiger partial charge in [-0.1, -0.05) is 31.1 Å². The smallest absolute Gasteiger partial charge is 0.259 e. The predicted molar refractivity (Wildman–Crippen MR) is 90.2 cm³/mol. The molecule has 0 aliphatic heterocycles. The number of fused-ring (bicyclic) bond motifs is 1. The lowest BCUT2D eigenvalue weighted by Crippen LogP contribution is -2.31. The van der Waals surface area contributed by atoms with E-state index in [2.05, 4.69) is 30.8 Å². The van der Waals surface area contributed by atoms with Gasteiger partial charge in [0.05, 0.1) is 16.6 Å². The van der Waals surface area contributed by atoms with Gasteiger partial charge in [-0.2, -0.15) is 5.21 Å². The molecule has 0 spiro atoms. The van der Waals surface area contributed by atoms with Crippen LogP contribution in [0.15, 0.2) is 10.6 Å². The fourth-order valence-corrected chi connectivity index (χ4v) is 2.82. The zero-order valence-corrected chi connectivity index (χ0v) is 14.9. The third-order valence-corrected chi connectivity index (χ3v) is 4.08. The van der Waals surface area contributed by atoms with Gasteiger partial charge in [-0.25, -0.2) is 4.98 Å². The molecule has 0 bridgehead atoms. The van der Waals surface area contributed by atoms with E-state index >= 15 is 0 Å². The van der Waals surface area contributed by atoms with Gasteiger partial charge in [-0.3, -0.25) is 4.79 Å². The van der Waals surface area contributed by atoms with Crippen LogP contribution in [-0.4, -0.2) is 55.2 Å². The van der Waals surface area contributed by atoms with E-state index in [0.717, 1.165) is 5.69 Å². The first-order valence-corrected chi connectivity index (χ1v) is 8.14. The van der Waals surface area contributed by atoms with Crippen molar-refractivity contribution in [3.05, 3.63) is 28.8 Å². The summed E-state index contributed by atoms with van der Waals surface area (Å²) in [5, 5.41) is 18.7. The topological polar surface area (TPSA) is 114 Å². The minimum absolute atomic E-state index is 0.0434. The average Bonchev–Trinajstić information content (AvgIpc) is 3.22. The molecule has 0 unspecified atom stereocenters. The second kappa shape index (κ2) is 6.58. The Morgan fingerprint density at radius 1 is 1.36 bits per heavy atom. The molecule has 0 aromatic carbocycles. The molecular weight excluding hydrogens is 322 g/mol. The molecule has 0 fully saturated rings. The van der Waals surface area contributed by atoms with Crippen LogP contribution < -0.4 is 0 Å². The molecular formula is C16H21N7O2. The van der Waals surface area contributed by atoms with Crippen LogP contribution in [0.5, 0.6) is 0 Å². The molecule has 25 heavy (non-hydrogen) atoms. The maximum Gasteiger partial charge on any atom is 0.259 e. The molecule has 0 aliphatic carbocycles. The van der Waals surface area contributed by atoms with Crippen molar-refractivity contribution < 1.29 is 9.32 Å². The molecule has 9 heteroatoms. The van der Waals surface area contributed by atoms with Crippen LogP contribution in [0.25, 0.3) is 11.1 Å². The highest BCUT2D eigenvalue weighted by molar-refractivity contribution is 6.06. The average molecular weight is 343 g/mol. The first kappa shape index (κ1) is 17.0. The molecule has 1 amide bonds. The fraction of sp³-hybridized carbons (Fsp3) is 0.500. The molecule has 0 saturated heterocycles. The van der Waals surface area contributed by atoms with Crippen LogP contribution in [0.2, 0.25) is 0 Å². The minimum atomic E-state index is -0.115. The van der Waals surface area contributed by atoms with Gasteiger partial charge >= 0.3 is 0 Å². The van der Waals surface area contributed by atoms with Crippen molar-refractivity contribution in [1.29, 1.82) is 0 Å². The van der Waals surface area contributed by atoms with Gasteiger partial charge in [0.1, 0.15) is 0 Å². The highest BCUT2D eigenvalue weighted by Crippen LogP contribution is 2.28. The van der Waals surface area contributed by atoms with E-state index in [-0.39, 0.29) is 17.7 Å². The molecule has 3 rings (SSSR count). The Labute approximate surface area is 144 Å². The van der Waals surface area contributed by atoms with Gasteiger partial charge in [0.25, 0.3) is 11.6 Å². The number of aromatic nitrogens is 6. The van der Waals surface area contributed by atoms with Crippen LogP contribution in [0.3, 0.4) is 0 Å². The van der Waals surface area contributed by atoms with E-state index in [9.17, 15) is 4.79 Å². The number of amides is 1. The number of tetrazole rings is 1. The van der Waals surface area contributed by atoms with Crippen molar-refractivity contribution in [2.24, 2.45) is 0 Å². The number of nitrogens with zero attached hydrogens (tertiary/aromatic N) is 6. The van der Waals surface area contributed by atoms with E-state index < -0.39 is 0 Å². The van der Waals surface area contributed by atoms with Crippen molar-refractivity contribution in [2.75, 3.05) is 13.6 Å². The van der Waals surface area contributed by atoms with Gasteiger partial charge in [0.15, 0.2) is 5.82 Å². The molecule has 132 valence electrons. The van der Waals surface area contributed by atoms with Gasteiger partial charge in [0.2, 0.25) is 0 Å². The van der Waals surface area contributed by atoms with Crippen molar-refractivity contribution in [3.63, 3.8) is 0 Å². The molecule has 1 N–H and O–H groups in total. The highest BCUT2D eigenvalue weighted by atomic mass is 16.5. The van der Waals surface area contributed by atoms with Gasteiger partial charge < -0.3 is 9.42 Å². The Balaban J connectivity index is 1.94. The summed E-state index contributed by atoms with van der Waals surface area (Å²) in [5.41, 5.74) is 2.40. The second-order valence-electron chi connectivity index (χ2n) is 6.57. The third kappa shape index (κ3) is 3.21. The largest absolute Gasteiger partial charge is 0.341 e. The minimum Gasteiger partial charge on any atom is -0.341 e. The number of rotatable bonds is 5. The fourth-order valence-electron chi connectivity index (χ4n) is 2.82. The van der Waals surface area contributed by atoms with E-state index in [0.29, 0.717) is 34.7 Å². The molecule has 3 heterocycles. The van der Waals surface area contributed by atoms with E-state index in [1.807, 2.05) is 27.7 Å². The number of H-pyrrole nitrogens is 1. The molecule has 0 aliphatic rings. The Morgan fingerprint density at radius 2 is 2.12 bits per heavy atom. The highest BCUT2D eigenvalue weighted by Gasteiger charge is 2.24. The van der Waals surface area contributed by atoms with Crippen LogP contribution in [0.1, 0.15) is 60.2 Å². The van der Waals surface area contributed by atoms with Gasteiger partial charge in [-0.05, 0) is 18.9 Å². The number of carbonyl (C=O) groups is 1. The number of pyridine rings is 1. The Kier molecular flexibility index (Phi) is 4.47. The number of aromatic amines is 1. The summed E-state index contributed by atoms with van der Waals surface area (Å²) >= 11 is 0. The molecule has 3 aromatic heterocycles. The lowest BCUT2D eigenvalue weighted by Gasteiger charge is -2.20. The van der Waals surface area contributed by atoms with E-state index in [1.165, 1.54) is 0 Å². The van der Waals surface area contributed by atoms with Crippen LogP contribution in [0.4, 0.5) is 0 Å². The summed E-state index contributed by atoms with van der Waals surface area (Å²) in [4.78, 5) is 19.0. The number of nitrogens with one attached hydrogen (secondary N) is 1. The van der Waals surface area contributed by atoms with Gasteiger partial charge in [-0.15, -0.1) is 10.2 Å². The van der Waals surface area contributed by atoms with Gasteiger partial charge in [0, 0.05) is 25.2 Å². The quantitative estimate of drug-likeness (QED) is 0.754. The van der Waals surface area contributed by atoms with Crippen molar-refractivity contribution in [3.8, 4) is 0 Å². The normalized spacial score (nSPS) is 12.7. The zero-order chi connectivity index (χ0) is 18.1. The summed E-state index contributed by atoms with van der Waals surface area (Å²) < 4.78 is 5.34. The zero-order valence-electron chi connectivity index (χ0n) is 14.9. The SMILES string of the molecule is Cc1cc(C(=O)N(C)C[C@H](C)c2nn[nH]n2)c2c(C(C)C)noc2n1. The van der Waals surface area contributed by atoms with Crippen LogP contribution in [0, 0.1) is 6.92 Å². The summed E-state index contributed by atoms with van der Waals surface area (Å²) in [6.45, 7) is 8.25. The van der Waals surface area contributed by atoms with Crippen molar-refractivity contribution in [2.45, 2.75) is 39.5 Å². The van der Waals surface area contributed by atoms with Crippen LogP contribution >= 0.6 is 0 Å². The van der Waals surface area contributed by atoms with E-state index in [4.69, 9.17) is 4.52 Å². The maximum absolute atomic E-state index is 13.1. The third-order valence-electron chi connectivity index (χ3n) is 4.08. The number of hydrogen-bond acceptors (Lipinski definition) is 7. The maximum atomic E-state index is 13.1. The first-order valence-electron chi connectivity index (χ1n) is 8.14. The summed E-state index contributed by atoms with van der Waals surface area (Å²) in [6.07, 6.45) is 0. The summed E-state index contributed by atoms with van der Waals surface area (Å²) in [7, 11) is 1.75. The molecule has 0 saturated carbocycles. The Bertz CT molecular complexity index is 885. The number of hydrogen-bond donors (Lipinski definition) is 1.